The highest BCUT2D eigenvalue weighted by Crippen LogP contribution is 2.32. The molecule has 5 rings (SSSR count). The van der Waals surface area contributed by atoms with Crippen LogP contribution in [-0.4, -0.2) is 50.0 Å². The largest absolute Gasteiger partial charge is 0.370 e. The highest BCUT2D eigenvalue weighted by atomic mass is 32.1. The van der Waals surface area contributed by atoms with Gasteiger partial charge in [0.25, 0.3) is 5.91 Å². The molecule has 0 saturated carbocycles. The summed E-state index contributed by atoms with van der Waals surface area (Å²) >= 11 is 3.14. The van der Waals surface area contributed by atoms with Gasteiger partial charge < -0.3 is 9.64 Å². The summed E-state index contributed by atoms with van der Waals surface area (Å²) in [5, 5.41) is 12.9. The van der Waals surface area contributed by atoms with E-state index in [0.29, 0.717) is 25.4 Å². The van der Waals surface area contributed by atoms with Crippen LogP contribution in [0.5, 0.6) is 0 Å². The van der Waals surface area contributed by atoms with Gasteiger partial charge in [-0.25, -0.2) is 9.67 Å². The molecule has 0 unspecified atom stereocenters. The number of fused-ring (bicyclic) bond motifs is 3. The zero-order valence-corrected chi connectivity index (χ0v) is 14.9. The van der Waals surface area contributed by atoms with Crippen LogP contribution in [0.4, 0.5) is 0 Å². The second-order valence-corrected chi connectivity index (χ2v) is 7.95. The third-order valence-corrected chi connectivity index (χ3v) is 6.55. The minimum Gasteiger partial charge on any atom is -0.370 e. The van der Waals surface area contributed by atoms with E-state index in [4.69, 9.17) is 4.74 Å². The van der Waals surface area contributed by atoms with Crippen LogP contribution < -0.4 is 0 Å². The van der Waals surface area contributed by atoms with Gasteiger partial charge in [-0.3, -0.25) is 4.79 Å². The number of ether oxygens (including phenoxy) is 1. The number of hydrogen-bond acceptors (Lipinski definition) is 7. The number of amides is 1. The van der Waals surface area contributed by atoms with Gasteiger partial charge in [0.15, 0.2) is 0 Å². The fraction of sp³-hybridized carbons (Fsp3) is 0.375. The van der Waals surface area contributed by atoms with Crippen molar-refractivity contribution in [3.8, 4) is 9.88 Å². The minimum absolute atomic E-state index is 0.0234. The summed E-state index contributed by atoms with van der Waals surface area (Å²) in [6, 6.07) is 4.04. The van der Waals surface area contributed by atoms with Gasteiger partial charge in [-0.1, -0.05) is 11.3 Å². The first kappa shape index (κ1) is 15.2. The lowest BCUT2D eigenvalue weighted by molar-refractivity contribution is -0.0605. The number of thiophene rings is 1. The summed E-state index contributed by atoms with van der Waals surface area (Å²) in [5.74, 6) is -0.0234. The first-order valence-corrected chi connectivity index (χ1v) is 9.85. The summed E-state index contributed by atoms with van der Waals surface area (Å²) < 4.78 is 7.81. The minimum atomic E-state index is -0.0234. The Kier molecular flexibility index (Phi) is 3.65. The Morgan fingerprint density at radius 2 is 2.32 bits per heavy atom. The van der Waals surface area contributed by atoms with E-state index < -0.39 is 0 Å². The number of piperidine rings is 1. The van der Waals surface area contributed by atoms with E-state index in [-0.39, 0.29) is 18.1 Å². The van der Waals surface area contributed by atoms with Gasteiger partial charge in [-0.15, -0.1) is 27.8 Å². The van der Waals surface area contributed by atoms with Crippen LogP contribution in [0.2, 0.25) is 0 Å². The molecule has 7 nitrogen and oxygen atoms in total. The molecule has 0 aromatic carbocycles. The molecule has 0 aliphatic carbocycles. The lowest BCUT2D eigenvalue weighted by Gasteiger charge is -2.40. The number of carbonyl (C=O) groups excluding carboxylic acids is 1. The maximum absolute atomic E-state index is 12.9. The smallest absolute Gasteiger partial charge is 0.273 e. The van der Waals surface area contributed by atoms with Crippen molar-refractivity contribution >= 4 is 28.6 Å². The van der Waals surface area contributed by atoms with Gasteiger partial charge in [0, 0.05) is 18.5 Å². The molecule has 1 fully saturated rings. The van der Waals surface area contributed by atoms with Gasteiger partial charge in [0.1, 0.15) is 10.7 Å². The zero-order valence-electron chi connectivity index (χ0n) is 13.2. The average Bonchev–Trinajstić information content (AvgIpc) is 3.41. The lowest BCUT2D eigenvalue weighted by Crippen LogP contribution is -2.50. The Hall–Kier alpha value is -2.10. The monoisotopic (exact) mass is 373 g/mol. The number of likely N-dealkylation sites (tertiary alicyclic amines) is 1. The Balaban J connectivity index is 1.37. The van der Waals surface area contributed by atoms with Gasteiger partial charge in [-0.05, 0) is 17.9 Å². The van der Waals surface area contributed by atoms with Crippen LogP contribution in [0, 0.1) is 0 Å². The van der Waals surface area contributed by atoms with Crippen LogP contribution in [0.15, 0.2) is 29.1 Å². The SMILES string of the molecule is O=C(c1csc(-c2cccs2)n1)N1CC[C@H]2OCc3cnnn3[C@@H]2C1. The molecule has 3 aromatic rings. The van der Waals surface area contributed by atoms with Crippen molar-refractivity contribution in [2.24, 2.45) is 0 Å². The number of rotatable bonds is 2. The van der Waals surface area contributed by atoms with Crippen molar-refractivity contribution in [2.75, 3.05) is 13.1 Å². The lowest BCUT2D eigenvalue weighted by atomic mass is 10.00. The highest BCUT2D eigenvalue weighted by Gasteiger charge is 2.38. The third-order valence-electron chi connectivity index (χ3n) is 4.67. The van der Waals surface area contributed by atoms with E-state index in [2.05, 4.69) is 15.3 Å². The molecule has 5 heterocycles. The van der Waals surface area contributed by atoms with Crippen LogP contribution in [0.25, 0.3) is 9.88 Å². The summed E-state index contributed by atoms with van der Waals surface area (Å²) in [6.45, 7) is 1.79. The van der Waals surface area contributed by atoms with E-state index in [0.717, 1.165) is 22.0 Å². The maximum atomic E-state index is 12.9. The van der Waals surface area contributed by atoms with Crippen LogP contribution in [0.1, 0.15) is 28.6 Å². The average molecular weight is 373 g/mol. The Bertz CT molecular complexity index is 903. The maximum Gasteiger partial charge on any atom is 0.273 e. The Morgan fingerprint density at radius 1 is 1.36 bits per heavy atom. The van der Waals surface area contributed by atoms with E-state index >= 15 is 0 Å². The number of carbonyl (C=O) groups is 1. The molecule has 1 saturated heterocycles. The number of aromatic nitrogens is 4. The molecular weight excluding hydrogens is 358 g/mol. The molecule has 2 aliphatic heterocycles. The summed E-state index contributed by atoms with van der Waals surface area (Å²) in [5.41, 5.74) is 1.48. The van der Waals surface area contributed by atoms with Gasteiger partial charge in [-0.2, -0.15) is 0 Å². The van der Waals surface area contributed by atoms with Crippen molar-refractivity contribution in [3.05, 3.63) is 40.5 Å². The molecule has 2 atom stereocenters. The molecule has 0 N–H and O–H groups in total. The molecular formula is C16H15N5O2S2. The van der Waals surface area contributed by atoms with Crippen LogP contribution >= 0.6 is 22.7 Å². The Labute approximate surface area is 151 Å². The second kappa shape index (κ2) is 6.01. The third kappa shape index (κ3) is 2.59. The molecule has 0 spiro atoms. The standard InChI is InChI=1S/C16H15N5O2S2/c22-16(11-9-25-15(18-11)14-2-1-5-24-14)20-4-3-13-12(7-20)21-10(8-23-13)6-17-19-21/h1-2,5-6,9,12-13H,3-4,7-8H2/t12-,13-/m1/s1. The van der Waals surface area contributed by atoms with Crippen LogP contribution in [0.3, 0.4) is 0 Å². The van der Waals surface area contributed by atoms with E-state index in [1.807, 2.05) is 32.5 Å². The molecule has 0 bridgehead atoms. The van der Waals surface area contributed by atoms with Crippen LogP contribution in [-0.2, 0) is 11.3 Å². The first-order chi connectivity index (χ1) is 12.3. The quantitative estimate of drug-likeness (QED) is 0.690. The molecule has 3 aromatic heterocycles. The van der Waals surface area contributed by atoms with Gasteiger partial charge in [0.05, 0.1) is 35.5 Å². The Morgan fingerprint density at radius 3 is 3.20 bits per heavy atom. The van der Waals surface area contributed by atoms with Crippen molar-refractivity contribution in [1.82, 2.24) is 24.9 Å². The first-order valence-electron chi connectivity index (χ1n) is 8.09. The molecule has 128 valence electrons. The van der Waals surface area contributed by atoms with E-state index in [9.17, 15) is 4.79 Å². The molecule has 0 radical (unpaired) electrons. The zero-order chi connectivity index (χ0) is 16.8. The molecule has 25 heavy (non-hydrogen) atoms. The number of nitrogens with zero attached hydrogens (tertiary/aromatic N) is 5. The molecule has 9 heteroatoms. The van der Waals surface area contributed by atoms with Gasteiger partial charge >= 0.3 is 0 Å². The van der Waals surface area contributed by atoms with Gasteiger partial charge in [0.2, 0.25) is 0 Å². The fourth-order valence-electron chi connectivity index (χ4n) is 3.41. The topological polar surface area (TPSA) is 73.1 Å². The summed E-state index contributed by atoms with van der Waals surface area (Å²) in [6.07, 6.45) is 2.62. The number of hydrogen-bond donors (Lipinski definition) is 0. The molecule has 2 aliphatic rings. The predicted molar refractivity (Wildman–Crippen MR) is 93.6 cm³/mol. The summed E-state index contributed by atoms with van der Waals surface area (Å²) in [4.78, 5) is 20.4. The van der Waals surface area contributed by atoms with E-state index in [1.54, 1.807) is 17.5 Å². The van der Waals surface area contributed by atoms with Crippen molar-refractivity contribution in [1.29, 1.82) is 0 Å². The predicted octanol–water partition coefficient (Wildman–Crippen LogP) is 2.45. The second-order valence-electron chi connectivity index (χ2n) is 6.14. The van der Waals surface area contributed by atoms with Crippen molar-refractivity contribution in [3.63, 3.8) is 0 Å². The highest BCUT2D eigenvalue weighted by molar-refractivity contribution is 7.20. The van der Waals surface area contributed by atoms with E-state index in [1.165, 1.54) is 11.3 Å². The van der Waals surface area contributed by atoms with Crippen molar-refractivity contribution < 1.29 is 9.53 Å². The normalized spacial score (nSPS) is 22.5. The van der Waals surface area contributed by atoms with Crippen molar-refractivity contribution in [2.45, 2.75) is 25.2 Å². The molecule has 1 amide bonds. The fourth-order valence-corrected chi connectivity index (χ4v) is 5.02. The summed E-state index contributed by atoms with van der Waals surface area (Å²) in [7, 11) is 0. The number of thiazole rings is 1.